The molecule has 0 aliphatic heterocycles. The van der Waals surface area contributed by atoms with Crippen LogP contribution in [0.25, 0.3) is 0 Å². The van der Waals surface area contributed by atoms with E-state index in [1.807, 2.05) is 0 Å². The number of hydrogen-bond acceptors (Lipinski definition) is 8. The topological polar surface area (TPSA) is 191 Å². The van der Waals surface area contributed by atoms with Crippen LogP contribution in [0, 0.1) is 0 Å². The Balaban J connectivity index is 0.000000304. The zero-order valence-electron chi connectivity index (χ0n) is 8.44. The third kappa shape index (κ3) is 8.11. The van der Waals surface area contributed by atoms with Crippen LogP contribution in [-0.2, 0) is 9.59 Å². The van der Waals surface area contributed by atoms with Crippen molar-refractivity contribution in [1.82, 2.24) is 15.0 Å². The highest BCUT2D eigenvalue weighted by atomic mass is 16.4. The first-order valence-electron chi connectivity index (χ1n) is 3.97. The van der Waals surface area contributed by atoms with Crippen LogP contribution in [0.3, 0.4) is 0 Å². The molecule has 0 saturated heterocycles. The summed E-state index contributed by atoms with van der Waals surface area (Å²) in [4.78, 5) is 29.6. The first-order valence-corrected chi connectivity index (χ1v) is 3.97. The van der Waals surface area contributed by atoms with Crippen molar-refractivity contribution in [2.24, 2.45) is 0 Å². The summed E-state index contributed by atoms with van der Waals surface area (Å²) in [5, 5.41) is 15.6. The van der Waals surface area contributed by atoms with Crippen LogP contribution < -0.4 is 17.2 Å². The van der Waals surface area contributed by atoms with E-state index >= 15 is 0 Å². The maximum Gasteiger partial charge on any atom is 0.328 e. The number of aromatic nitrogens is 3. The number of carbonyl (C=O) groups is 2. The predicted molar refractivity (Wildman–Crippen MR) is 57.5 cm³/mol. The second-order valence-electron chi connectivity index (χ2n) is 2.42. The predicted octanol–water partition coefficient (Wildman–Crippen LogP) is -1.67. The maximum absolute atomic E-state index is 9.55. The second-order valence-corrected chi connectivity index (χ2v) is 2.42. The van der Waals surface area contributed by atoms with Crippen LogP contribution in [0.2, 0.25) is 0 Å². The third-order valence-electron chi connectivity index (χ3n) is 1.06. The summed E-state index contributed by atoms with van der Waals surface area (Å²) in [6.07, 6.45) is 1.12. The van der Waals surface area contributed by atoms with Crippen molar-refractivity contribution in [3.63, 3.8) is 0 Å². The molecule has 8 N–H and O–H groups in total. The number of hydrogen-bond donors (Lipinski definition) is 5. The van der Waals surface area contributed by atoms with Gasteiger partial charge < -0.3 is 27.4 Å². The number of carboxylic acid groups (broad SMARTS) is 2. The molecule has 1 heterocycles. The summed E-state index contributed by atoms with van der Waals surface area (Å²) in [5.74, 6) is -2.39. The Bertz CT molecular complexity index is 380. The lowest BCUT2D eigenvalue weighted by molar-refractivity contribution is -0.134. The van der Waals surface area contributed by atoms with E-state index in [9.17, 15) is 9.59 Å². The average Bonchev–Trinajstić information content (AvgIpc) is 2.13. The van der Waals surface area contributed by atoms with Crippen LogP contribution in [0.4, 0.5) is 17.8 Å². The SMILES string of the molecule is Nc1nc(N)nc(N)n1.O=C(O)/C=C/C(=O)O. The lowest BCUT2D eigenvalue weighted by Crippen LogP contribution is -2.05. The van der Waals surface area contributed by atoms with Gasteiger partial charge in [0.25, 0.3) is 0 Å². The summed E-state index contributed by atoms with van der Waals surface area (Å²) >= 11 is 0. The molecule has 1 aromatic heterocycles. The number of anilines is 3. The maximum atomic E-state index is 9.55. The van der Waals surface area contributed by atoms with Crippen LogP contribution in [-0.4, -0.2) is 37.1 Å². The number of aliphatic carboxylic acids is 2. The van der Waals surface area contributed by atoms with Crippen molar-refractivity contribution >= 4 is 29.8 Å². The smallest absolute Gasteiger partial charge is 0.328 e. The van der Waals surface area contributed by atoms with Gasteiger partial charge >= 0.3 is 11.9 Å². The van der Waals surface area contributed by atoms with Gasteiger partial charge in [-0.1, -0.05) is 0 Å². The zero-order valence-corrected chi connectivity index (χ0v) is 8.44. The van der Waals surface area contributed by atoms with E-state index in [4.69, 9.17) is 27.4 Å². The van der Waals surface area contributed by atoms with Gasteiger partial charge in [-0.2, -0.15) is 15.0 Å². The Labute approximate surface area is 94.8 Å². The van der Waals surface area contributed by atoms with Crippen LogP contribution in [0.5, 0.6) is 0 Å². The largest absolute Gasteiger partial charge is 0.478 e. The molecule has 0 fully saturated rings. The van der Waals surface area contributed by atoms with Crippen molar-refractivity contribution in [1.29, 1.82) is 0 Å². The van der Waals surface area contributed by atoms with Crippen molar-refractivity contribution in [2.45, 2.75) is 0 Å². The minimum absolute atomic E-state index is 0.0417. The number of nitrogens with two attached hydrogens (primary N) is 3. The van der Waals surface area contributed by atoms with E-state index in [2.05, 4.69) is 15.0 Å². The molecule has 0 unspecified atom stereocenters. The highest BCUT2D eigenvalue weighted by molar-refractivity contribution is 5.89. The van der Waals surface area contributed by atoms with Gasteiger partial charge in [-0.05, 0) is 0 Å². The van der Waals surface area contributed by atoms with Crippen LogP contribution in [0.1, 0.15) is 0 Å². The van der Waals surface area contributed by atoms with E-state index in [1.165, 1.54) is 0 Å². The Morgan fingerprint density at radius 3 is 1.24 bits per heavy atom. The molecule has 0 atom stereocenters. The van der Waals surface area contributed by atoms with E-state index in [0.29, 0.717) is 12.2 Å². The summed E-state index contributed by atoms with van der Waals surface area (Å²) in [6.45, 7) is 0. The first kappa shape index (κ1) is 14.1. The van der Waals surface area contributed by atoms with Crippen molar-refractivity contribution in [3.8, 4) is 0 Å². The van der Waals surface area contributed by atoms with Gasteiger partial charge in [0.2, 0.25) is 17.8 Å². The highest BCUT2D eigenvalue weighted by Gasteiger charge is 1.93. The molecule has 0 amide bonds. The second kappa shape index (κ2) is 6.55. The normalized spacial score (nSPS) is 9.41. The fourth-order valence-electron chi connectivity index (χ4n) is 0.570. The zero-order chi connectivity index (χ0) is 13.4. The number of carboxylic acids is 2. The summed E-state index contributed by atoms with van der Waals surface area (Å²) < 4.78 is 0. The molecule has 1 rings (SSSR count). The molecule has 0 saturated carbocycles. The Morgan fingerprint density at radius 1 is 0.824 bits per heavy atom. The van der Waals surface area contributed by atoms with Gasteiger partial charge in [-0.15, -0.1) is 0 Å². The minimum atomic E-state index is -1.26. The quantitative estimate of drug-likeness (QED) is 0.374. The summed E-state index contributed by atoms with van der Waals surface area (Å²) in [5.41, 5.74) is 15.4. The molecule has 0 radical (unpaired) electrons. The van der Waals surface area contributed by atoms with Crippen molar-refractivity contribution in [3.05, 3.63) is 12.2 Å². The average molecular weight is 242 g/mol. The Kier molecular flexibility index (Phi) is 5.43. The molecule has 1 aromatic rings. The van der Waals surface area contributed by atoms with E-state index in [0.717, 1.165) is 0 Å². The first-order chi connectivity index (χ1) is 7.81. The number of nitrogen functional groups attached to an aromatic ring is 3. The number of nitrogens with zero attached hydrogens (tertiary/aromatic N) is 3. The molecule has 17 heavy (non-hydrogen) atoms. The molecular weight excluding hydrogens is 232 g/mol. The van der Waals surface area contributed by atoms with E-state index < -0.39 is 11.9 Å². The lowest BCUT2D eigenvalue weighted by Gasteiger charge is -1.93. The lowest BCUT2D eigenvalue weighted by atomic mass is 10.5. The molecule has 0 aromatic carbocycles. The molecule has 0 spiro atoms. The van der Waals surface area contributed by atoms with Gasteiger partial charge in [0.05, 0.1) is 0 Å². The van der Waals surface area contributed by atoms with Gasteiger partial charge in [0, 0.05) is 12.2 Å². The highest BCUT2D eigenvalue weighted by Crippen LogP contribution is 1.97. The van der Waals surface area contributed by atoms with Crippen LogP contribution in [0.15, 0.2) is 12.2 Å². The van der Waals surface area contributed by atoms with Gasteiger partial charge in [0.1, 0.15) is 0 Å². The van der Waals surface area contributed by atoms with Gasteiger partial charge in [-0.25, -0.2) is 9.59 Å². The molecule has 0 aliphatic carbocycles. The fourth-order valence-corrected chi connectivity index (χ4v) is 0.570. The Morgan fingerprint density at radius 2 is 1.06 bits per heavy atom. The van der Waals surface area contributed by atoms with Crippen LogP contribution >= 0.6 is 0 Å². The summed E-state index contributed by atoms with van der Waals surface area (Å²) in [7, 11) is 0. The van der Waals surface area contributed by atoms with E-state index in [-0.39, 0.29) is 17.8 Å². The number of rotatable bonds is 2. The molecular formula is C7H10N6O4. The molecule has 0 bridgehead atoms. The van der Waals surface area contributed by atoms with Crippen molar-refractivity contribution in [2.75, 3.05) is 17.2 Å². The monoisotopic (exact) mass is 242 g/mol. The molecule has 10 nitrogen and oxygen atoms in total. The van der Waals surface area contributed by atoms with Gasteiger partial charge in [0.15, 0.2) is 0 Å². The fraction of sp³-hybridized carbons (Fsp3) is 0. The van der Waals surface area contributed by atoms with E-state index in [1.54, 1.807) is 0 Å². The van der Waals surface area contributed by atoms with Gasteiger partial charge in [-0.3, -0.25) is 0 Å². The van der Waals surface area contributed by atoms with Crippen molar-refractivity contribution < 1.29 is 19.8 Å². The molecule has 92 valence electrons. The standard InChI is InChI=1S/C4H4O4.C3H6N6/c5-3(6)1-2-4(7)8;4-1-7-2(5)9-3(6)8-1/h1-2H,(H,5,6)(H,7,8);(H6,4,5,6,7,8,9)/b2-1+;. The third-order valence-corrected chi connectivity index (χ3v) is 1.06. The molecule has 0 aliphatic rings. The minimum Gasteiger partial charge on any atom is -0.478 e. The molecule has 10 heteroatoms. The summed E-state index contributed by atoms with van der Waals surface area (Å²) in [6, 6.07) is 0. The Hall–Kier alpha value is -2.91.